The first-order valence-electron chi connectivity index (χ1n) is 4.73. The molecule has 1 unspecified atom stereocenters. The Morgan fingerprint density at radius 3 is 2.62 bits per heavy atom. The highest BCUT2D eigenvalue weighted by Crippen LogP contribution is 2.26. The molecular formula is C10H13N3O3. The fourth-order valence-corrected chi connectivity index (χ4v) is 1.47. The molecule has 1 amide bonds. The maximum atomic E-state index is 10.7. The molecule has 0 aliphatic carbocycles. The van der Waals surface area contributed by atoms with Crippen molar-refractivity contribution < 1.29 is 9.72 Å². The summed E-state index contributed by atoms with van der Waals surface area (Å²) in [5, 5.41) is 10.6. The van der Waals surface area contributed by atoms with E-state index in [1.54, 1.807) is 13.0 Å². The van der Waals surface area contributed by atoms with Crippen molar-refractivity contribution >= 4 is 17.3 Å². The molecule has 0 aromatic heterocycles. The molecule has 6 heteroatoms. The number of primary amides is 1. The molecule has 0 heterocycles. The zero-order valence-electron chi connectivity index (χ0n) is 8.84. The summed E-state index contributed by atoms with van der Waals surface area (Å²) in [6, 6.07) is 4.30. The number of benzene rings is 1. The van der Waals surface area contributed by atoms with Crippen molar-refractivity contribution in [1.82, 2.24) is 0 Å². The Balaban J connectivity index is 3.04. The summed E-state index contributed by atoms with van der Waals surface area (Å²) in [4.78, 5) is 20.8. The molecule has 0 aliphatic heterocycles. The number of carbonyl (C=O) groups is 1. The van der Waals surface area contributed by atoms with Gasteiger partial charge in [-0.1, -0.05) is 6.92 Å². The highest BCUT2D eigenvalue weighted by atomic mass is 16.6. The number of rotatable bonds is 4. The second kappa shape index (κ2) is 4.61. The van der Waals surface area contributed by atoms with E-state index >= 15 is 0 Å². The minimum absolute atomic E-state index is 0.0775. The lowest BCUT2D eigenvalue weighted by Gasteiger charge is -2.10. The Hall–Kier alpha value is -2.11. The number of nitrogens with zero attached hydrogens (tertiary/aromatic N) is 1. The number of nitrogens with two attached hydrogens (primary N) is 2. The summed E-state index contributed by atoms with van der Waals surface area (Å²) in [5.74, 6) is -0.628. The molecule has 0 radical (unpaired) electrons. The first-order chi connectivity index (χ1) is 7.40. The van der Waals surface area contributed by atoms with E-state index in [1.165, 1.54) is 12.1 Å². The topological polar surface area (TPSA) is 112 Å². The largest absolute Gasteiger partial charge is 0.399 e. The summed E-state index contributed by atoms with van der Waals surface area (Å²) in [6.07, 6.45) is 0.139. The fourth-order valence-electron chi connectivity index (χ4n) is 1.47. The van der Waals surface area contributed by atoms with Crippen LogP contribution < -0.4 is 11.5 Å². The maximum Gasteiger partial charge on any atom is 0.271 e. The predicted molar refractivity (Wildman–Crippen MR) is 59.7 cm³/mol. The number of carbonyl (C=O) groups excluding carboxylic acids is 1. The van der Waals surface area contributed by atoms with E-state index in [0.29, 0.717) is 11.3 Å². The van der Waals surface area contributed by atoms with Gasteiger partial charge in [-0.3, -0.25) is 14.9 Å². The normalized spacial score (nSPS) is 12.1. The molecule has 4 N–H and O–H groups in total. The standard InChI is InChI=1S/C10H13N3O3/c1-6(2-10(12)14)7-3-8(11)5-9(4-7)13(15)16/h3-6H,2,11H2,1H3,(H2,12,14). The van der Waals surface area contributed by atoms with Crippen LogP contribution in [0.4, 0.5) is 11.4 Å². The molecule has 0 spiro atoms. The molecular weight excluding hydrogens is 210 g/mol. The third kappa shape index (κ3) is 2.94. The van der Waals surface area contributed by atoms with Crippen molar-refractivity contribution in [3.8, 4) is 0 Å². The molecule has 1 aromatic carbocycles. The number of non-ortho nitro benzene ring substituents is 1. The maximum absolute atomic E-state index is 10.7. The van der Waals surface area contributed by atoms with Gasteiger partial charge in [-0.25, -0.2) is 0 Å². The molecule has 0 saturated heterocycles. The lowest BCUT2D eigenvalue weighted by atomic mass is 9.96. The van der Waals surface area contributed by atoms with Gasteiger partial charge in [0.2, 0.25) is 5.91 Å². The van der Waals surface area contributed by atoms with Gasteiger partial charge in [-0.05, 0) is 17.5 Å². The van der Waals surface area contributed by atoms with Gasteiger partial charge < -0.3 is 11.5 Å². The van der Waals surface area contributed by atoms with Gasteiger partial charge in [-0.15, -0.1) is 0 Å². The Bertz CT molecular complexity index is 431. The summed E-state index contributed by atoms with van der Waals surface area (Å²) in [6.45, 7) is 1.77. The highest BCUT2D eigenvalue weighted by Gasteiger charge is 2.14. The van der Waals surface area contributed by atoms with E-state index in [0.717, 1.165) is 0 Å². The monoisotopic (exact) mass is 223 g/mol. The van der Waals surface area contributed by atoms with Gasteiger partial charge >= 0.3 is 0 Å². The predicted octanol–water partition coefficient (Wildman–Crippen LogP) is 1.16. The number of anilines is 1. The zero-order valence-corrected chi connectivity index (χ0v) is 8.84. The molecule has 1 atom stereocenters. The number of hydrogen-bond acceptors (Lipinski definition) is 4. The first-order valence-corrected chi connectivity index (χ1v) is 4.73. The average molecular weight is 223 g/mol. The van der Waals surface area contributed by atoms with Crippen LogP contribution in [0.5, 0.6) is 0 Å². The molecule has 0 bridgehead atoms. The van der Waals surface area contributed by atoms with Crippen LogP contribution in [0.2, 0.25) is 0 Å². The molecule has 16 heavy (non-hydrogen) atoms. The van der Waals surface area contributed by atoms with Crippen molar-refractivity contribution in [3.05, 3.63) is 33.9 Å². The third-order valence-corrected chi connectivity index (χ3v) is 2.25. The Morgan fingerprint density at radius 2 is 2.12 bits per heavy atom. The van der Waals surface area contributed by atoms with Crippen molar-refractivity contribution in [2.45, 2.75) is 19.3 Å². The lowest BCUT2D eigenvalue weighted by molar-refractivity contribution is -0.384. The van der Waals surface area contributed by atoms with Crippen LogP contribution in [-0.2, 0) is 4.79 Å². The van der Waals surface area contributed by atoms with Crippen LogP contribution in [0.25, 0.3) is 0 Å². The average Bonchev–Trinajstić information content (AvgIpc) is 2.15. The summed E-state index contributed by atoms with van der Waals surface area (Å²) in [5.41, 5.74) is 11.5. The minimum Gasteiger partial charge on any atom is -0.399 e. The van der Waals surface area contributed by atoms with Gasteiger partial charge in [-0.2, -0.15) is 0 Å². The van der Waals surface area contributed by atoms with Gasteiger partial charge in [0.1, 0.15) is 0 Å². The van der Waals surface area contributed by atoms with E-state index < -0.39 is 10.8 Å². The molecule has 1 aromatic rings. The Kier molecular flexibility index (Phi) is 3.44. The van der Waals surface area contributed by atoms with Crippen molar-refractivity contribution in [1.29, 1.82) is 0 Å². The van der Waals surface area contributed by atoms with Crippen LogP contribution in [0, 0.1) is 10.1 Å². The van der Waals surface area contributed by atoms with Crippen molar-refractivity contribution in [2.75, 3.05) is 5.73 Å². The van der Waals surface area contributed by atoms with Crippen LogP contribution >= 0.6 is 0 Å². The number of hydrogen-bond donors (Lipinski definition) is 2. The fraction of sp³-hybridized carbons (Fsp3) is 0.300. The molecule has 0 aliphatic rings. The Labute approximate surface area is 92.4 Å². The number of nitrogen functional groups attached to an aromatic ring is 1. The SMILES string of the molecule is CC(CC(N)=O)c1cc(N)cc([N+](=O)[O-])c1. The van der Waals surface area contributed by atoms with Crippen LogP contribution in [0.1, 0.15) is 24.8 Å². The van der Waals surface area contributed by atoms with E-state index in [9.17, 15) is 14.9 Å². The van der Waals surface area contributed by atoms with Crippen LogP contribution in [0.15, 0.2) is 18.2 Å². The second-order valence-electron chi connectivity index (χ2n) is 3.69. The summed E-state index contributed by atoms with van der Waals surface area (Å²) >= 11 is 0. The number of nitro benzene ring substituents is 1. The van der Waals surface area contributed by atoms with E-state index in [-0.39, 0.29) is 18.0 Å². The quantitative estimate of drug-likeness (QED) is 0.453. The van der Waals surface area contributed by atoms with E-state index in [4.69, 9.17) is 11.5 Å². The lowest BCUT2D eigenvalue weighted by Crippen LogP contribution is -2.14. The van der Waals surface area contributed by atoms with E-state index in [2.05, 4.69) is 0 Å². The summed E-state index contributed by atoms with van der Waals surface area (Å²) < 4.78 is 0. The van der Waals surface area contributed by atoms with Crippen molar-refractivity contribution in [2.24, 2.45) is 5.73 Å². The minimum atomic E-state index is -0.517. The molecule has 1 rings (SSSR count). The van der Waals surface area contributed by atoms with E-state index in [1.807, 2.05) is 0 Å². The highest BCUT2D eigenvalue weighted by molar-refractivity contribution is 5.74. The van der Waals surface area contributed by atoms with Gasteiger partial charge in [0.05, 0.1) is 4.92 Å². The summed E-state index contributed by atoms with van der Waals surface area (Å²) in [7, 11) is 0. The number of amides is 1. The first kappa shape index (κ1) is 12.0. The van der Waals surface area contributed by atoms with Crippen molar-refractivity contribution in [3.63, 3.8) is 0 Å². The van der Waals surface area contributed by atoms with Gasteiger partial charge in [0.25, 0.3) is 5.69 Å². The molecule has 86 valence electrons. The van der Waals surface area contributed by atoms with Gasteiger partial charge in [0.15, 0.2) is 0 Å². The van der Waals surface area contributed by atoms with Crippen LogP contribution in [0.3, 0.4) is 0 Å². The molecule has 6 nitrogen and oxygen atoms in total. The smallest absolute Gasteiger partial charge is 0.271 e. The molecule has 0 saturated carbocycles. The zero-order chi connectivity index (χ0) is 12.3. The number of nitro groups is 1. The van der Waals surface area contributed by atoms with Crippen LogP contribution in [-0.4, -0.2) is 10.8 Å². The Morgan fingerprint density at radius 1 is 1.50 bits per heavy atom. The third-order valence-electron chi connectivity index (χ3n) is 2.25. The molecule has 0 fully saturated rings. The van der Waals surface area contributed by atoms with Gasteiger partial charge in [0, 0.05) is 24.2 Å². The second-order valence-corrected chi connectivity index (χ2v) is 3.69.